The summed E-state index contributed by atoms with van der Waals surface area (Å²) in [6, 6.07) is 2.01. The van der Waals surface area contributed by atoms with Gasteiger partial charge in [-0.3, -0.25) is 0 Å². The fourth-order valence-corrected chi connectivity index (χ4v) is 3.13. The van der Waals surface area contributed by atoms with E-state index in [4.69, 9.17) is 9.73 Å². The van der Waals surface area contributed by atoms with E-state index in [0.717, 1.165) is 63.1 Å². The summed E-state index contributed by atoms with van der Waals surface area (Å²) in [5.41, 5.74) is 1.52. The van der Waals surface area contributed by atoms with Crippen molar-refractivity contribution >= 4 is 11.8 Å². The number of ether oxygens (including phenoxy) is 1. The molecular formula is C19H28N4O2. The molecule has 136 valence electrons. The fraction of sp³-hybridized carbons (Fsp3) is 0.632. The molecule has 2 fully saturated rings. The Hall–Kier alpha value is -2.29. The molecule has 2 rings (SSSR count). The Morgan fingerprint density at radius 3 is 2.48 bits per heavy atom. The molecule has 6 heteroatoms. The number of rotatable bonds is 4. The lowest BCUT2D eigenvalue weighted by Gasteiger charge is -2.28. The van der Waals surface area contributed by atoms with Crippen LogP contribution in [0.1, 0.15) is 45.4 Å². The molecule has 2 saturated heterocycles. The van der Waals surface area contributed by atoms with Crippen molar-refractivity contribution in [3.8, 4) is 6.07 Å². The van der Waals surface area contributed by atoms with Crippen molar-refractivity contribution in [1.29, 1.82) is 5.26 Å². The van der Waals surface area contributed by atoms with Crippen LogP contribution in [0.4, 0.5) is 0 Å². The maximum atomic E-state index is 12.2. The maximum absolute atomic E-state index is 12.2. The number of nitrogens with zero attached hydrogens (tertiary/aromatic N) is 4. The molecule has 25 heavy (non-hydrogen) atoms. The first-order valence-corrected chi connectivity index (χ1v) is 9.08. The molecule has 0 aromatic rings. The lowest BCUT2D eigenvalue weighted by Crippen LogP contribution is -2.32. The van der Waals surface area contributed by atoms with E-state index in [1.54, 1.807) is 6.92 Å². The average molecular weight is 344 g/mol. The number of esters is 1. The summed E-state index contributed by atoms with van der Waals surface area (Å²) in [5, 5.41) is 9.55. The van der Waals surface area contributed by atoms with Crippen LogP contribution in [0.3, 0.4) is 0 Å². The van der Waals surface area contributed by atoms with Crippen molar-refractivity contribution in [1.82, 2.24) is 9.80 Å². The van der Waals surface area contributed by atoms with E-state index < -0.39 is 5.97 Å². The molecule has 0 aliphatic carbocycles. The van der Waals surface area contributed by atoms with Gasteiger partial charge in [-0.05, 0) is 45.1 Å². The van der Waals surface area contributed by atoms with E-state index in [1.807, 2.05) is 26.2 Å². The Bertz CT molecular complexity index is 594. The number of allylic oxidation sites excluding steroid dienone is 2. The van der Waals surface area contributed by atoms with Crippen LogP contribution in [0.5, 0.6) is 0 Å². The van der Waals surface area contributed by atoms with Crippen molar-refractivity contribution < 1.29 is 9.53 Å². The molecule has 6 nitrogen and oxygen atoms in total. The standard InChI is InChI=1S/C19H28N4O2/c1-4-25-19(24)16(14-20)17(13-15-9-5-7-11-22(15)2)21-18-10-6-8-12-23(18)3/h13H,4-12H2,1-3H3/b15-13-,17-16-,21-18?. The number of likely N-dealkylation sites (tertiary alicyclic amines) is 2. The number of amidine groups is 1. The lowest BCUT2D eigenvalue weighted by molar-refractivity contribution is -0.138. The molecule has 0 aromatic heterocycles. The minimum Gasteiger partial charge on any atom is -0.462 e. The third-order valence-corrected chi connectivity index (χ3v) is 4.65. The average Bonchev–Trinajstić information content (AvgIpc) is 2.59. The molecule has 0 spiro atoms. The van der Waals surface area contributed by atoms with Crippen molar-refractivity contribution in [2.24, 2.45) is 4.99 Å². The minimum atomic E-state index is -0.599. The van der Waals surface area contributed by atoms with Gasteiger partial charge in [-0.25, -0.2) is 9.79 Å². The number of nitriles is 1. The molecule has 2 heterocycles. The van der Waals surface area contributed by atoms with Crippen LogP contribution < -0.4 is 0 Å². The summed E-state index contributed by atoms with van der Waals surface area (Å²) in [6.07, 6.45) is 8.18. The Kier molecular flexibility index (Phi) is 7.05. The second-order valence-corrected chi connectivity index (χ2v) is 6.51. The zero-order valence-corrected chi connectivity index (χ0v) is 15.5. The zero-order chi connectivity index (χ0) is 18.2. The Balaban J connectivity index is 2.47. The second-order valence-electron chi connectivity index (χ2n) is 6.51. The van der Waals surface area contributed by atoms with Crippen LogP contribution in [0, 0.1) is 11.3 Å². The van der Waals surface area contributed by atoms with Gasteiger partial charge in [0.15, 0.2) is 5.57 Å². The van der Waals surface area contributed by atoms with Gasteiger partial charge in [0.25, 0.3) is 0 Å². The Morgan fingerprint density at radius 1 is 1.20 bits per heavy atom. The normalized spacial score (nSPS) is 22.6. The van der Waals surface area contributed by atoms with Crippen LogP contribution in [0.2, 0.25) is 0 Å². The Morgan fingerprint density at radius 2 is 1.88 bits per heavy atom. The summed E-state index contributed by atoms with van der Waals surface area (Å²) in [4.78, 5) is 21.2. The van der Waals surface area contributed by atoms with Gasteiger partial charge in [0.2, 0.25) is 0 Å². The third-order valence-electron chi connectivity index (χ3n) is 4.65. The number of aliphatic imine (C=N–C) groups is 1. The maximum Gasteiger partial charge on any atom is 0.351 e. The predicted octanol–water partition coefficient (Wildman–Crippen LogP) is 2.84. The first-order chi connectivity index (χ1) is 12.1. The van der Waals surface area contributed by atoms with Crippen LogP contribution in [0.15, 0.2) is 28.0 Å². The molecule has 0 atom stereocenters. The predicted molar refractivity (Wildman–Crippen MR) is 97.8 cm³/mol. The largest absolute Gasteiger partial charge is 0.462 e. The summed E-state index contributed by atoms with van der Waals surface area (Å²) >= 11 is 0. The molecule has 0 radical (unpaired) electrons. The van der Waals surface area contributed by atoms with Gasteiger partial charge >= 0.3 is 5.97 Å². The van der Waals surface area contributed by atoms with Crippen LogP contribution in [-0.2, 0) is 9.53 Å². The Labute approximate surface area is 150 Å². The smallest absolute Gasteiger partial charge is 0.351 e. The van der Waals surface area contributed by atoms with Crippen LogP contribution in [0.25, 0.3) is 0 Å². The highest BCUT2D eigenvalue weighted by Crippen LogP contribution is 2.23. The fourth-order valence-electron chi connectivity index (χ4n) is 3.13. The van der Waals surface area contributed by atoms with Gasteiger partial charge in [-0.15, -0.1) is 0 Å². The molecular weight excluding hydrogens is 316 g/mol. The highest BCUT2D eigenvalue weighted by atomic mass is 16.5. The molecule has 0 N–H and O–H groups in total. The molecule has 0 bridgehead atoms. The molecule has 2 aliphatic rings. The van der Waals surface area contributed by atoms with E-state index in [2.05, 4.69) is 9.80 Å². The molecule has 2 aliphatic heterocycles. The SMILES string of the molecule is CCOC(=O)/C(C#N)=C(/C=C1/CCCCN1C)N=C1CCCCN1C. The van der Waals surface area contributed by atoms with E-state index in [9.17, 15) is 10.1 Å². The van der Waals surface area contributed by atoms with Gasteiger partial charge in [0.05, 0.1) is 12.3 Å². The number of piperidine rings is 2. The van der Waals surface area contributed by atoms with Gasteiger partial charge in [0, 0.05) is 39.3 Å². The van der Waals surface area contributed by atoms with Gasteiger partial charge in [-0.1, -0.05) is 0 Å². The summed E-state index contributed by atoms with van der Waals surface area (Å²) in [5.74, 6) is 0.326. The highest BCUT2D eigenvalue weighted by Gasteiger charge is 2.20. The first kappa shape index (κ1) is 19.0. The van der Waals surface area contributed by atoms with E-state index in [-0.39, 0.29) is 12.2 Å². The van der Waals surface area contributed by atoms with Crippen LogP contribution in [-0.4, -0.2) is 55.4 Å². The number of carbonyl (C=O) groups excluding carboxylic acids is 1. The van der Waals surface area contributed by atoms with Gasteiger partial charge < -0.3 is 14.5 Å². The topological polar surface area (TPSA) is 68.9 Å². The van der Waals surface area contributed by atoms with E-state index in [0.29, 0.717) is 5.70 Å². The van der Waals surface area contributed by atoms with Gasteiger partial charge in [-0.2, -0.15) is 5.26 Å². The van der Waals surface area contributed by atoms with E-state index >= 15 is 0 Å². The van der Waals surface area contributed by atoms with E-state index in [1.165, 1.54) is 0 Å². The summed E-state index contributed by atoms with van der Waals surface area (Å²) < 4.78 is 5.06. The summed E-state index contributed by atoms with van der Waals surface area (Å²) in [6.45, 7) is 3.91. The summed E-state index contributed by atoms with van der Waals surface area (Å²) in [7, 11) is 4.05. The molecule has 0 unspecified atom stereocenters. The van der Waals surface area contributed by atoms with Crippen LogP contribution >= 0.6 is 0 Å². The molecule has 0 amide bonds. The number of hydrogen-bond acceptors (Lipinski definition) is 5. The quantitative estimate of drug-likeness (QED) is 0.446. The second kappa shape index (κ2) is 9.26. The monoisotopic (exact) mass is 344 g/mol. The number of carbonyl (C=O) groups is 1. The third kappa shape index (κ3) is 5.09. The number of hydrogen-bond donors (Lipinski definition) is 0. The molecule has 0 saturated carbocycles. The van der Waals surface area contributed by atoms with Crippen molar-refractivity contribution in [3.05, 3.63) is 23.0 Å². The zero-order valence-electron chi connectivity index (χ0n) is 15.5. The first-order valence-electron chi connectivity index (χ1n) is 9.08. The lowest BCUT2D eigenvalue weighted by atomic mass is 10.1. The van der Waals surface area contributed by atoms with Gasteiger partial charge in [0.1, 0.15) is 11.9 Å². The highest BCUT2D eigenvalue weighted by molar-refractivity contribution is 5.95. The minimum absolute atomic E-state index is 0.0141. The van der Waals surface area contributed by atoms with Crippen molar-refractivity contribution in [2.45, 2.75) is 45.4 Å². The van der Waals surface area contributed by atoms with Crippen molar-refractivity contribution in [3.63, 3.8) is 0 Å². The molecule has 0 aromatic carbocycles. The van der Waals surface area contributed by atoms with Crippen molar-refractivity contribution in [2.75, 3.05) is 33.8 Å².